The van der Waals surface area contributed by atoms with E-state index in [4.69, 9.17) is 4.52 Å². The minimum atomic E-state index is -0.302. The summed E-state index contributed by atoms with van der Waals surface area (Å²) in [4.78, 5) is 34.3. The molecular weight excluding hydrogens is 366 g/mol. The third-order valence-corrected chi connectivity index (χ3v) is 5.31. The molecule has 136 valence electrons. The van der Waals surface area contributed by atoms with Gasteiger partial charge in [-0.1, -0.05) is 23.4 Å². The number of nitrogens with one attached hydrogen (secondary N) is 1. The Morgan fingerprint density at radius 1 is 1.30 bits per heavy atom. The third-order valence-electron chi connectivity index (χ3n) is 4.11. The van der Waals surface area contributed by atoms with Crippen LogP contribution in [0.3, 0.4) is 0 Å². The van der Waals surface area contributed by atoms with E-state index in [0.29, 0.717) is 32.4 Å². The van der Waals surface area contributed by atoms with Gasteiger partial charge in [-0.3, -0.25) is 9.59 Å². The minimum Gasteiger partial charge on any atom is -0.344 e. The average Bonchev–Trinajstić information content (AvgIpc) is 3.29. The smallest absolute Gasteiger partial charge is 0.262 e. The Bertz CT molecular complexity index is 1190. The lowest BCUT2D eigenvalue weighted by Crippen LogP contribution is -2.23. The maximum Gasteiger partial charge on any atom is 0.262 e. The van der Waals surface area contributed by atoms with Crippen LogP contribution in [0.1, 0.15) is 21.1 Å². The molecule has 1 N–H and O–H groups in total. The molecule has 0 saturated carbocycles. The zero-order valence-electron chi connectivity index (χ0n) is 14.6. The van der Waals surface area contributed by atoms with E-state index in [0.717, 1.165) is 5.56 Å². The Kier molecular flexibility index (Phi) is 4.28. The van der Waals surface area contributed by atoms with Crippen molar-refractivity contribution in [1.82, 2.24) is 25.0 Å². The van der Waals surface area contributed by atoms with Crippen LogP contribution in [0, 0.1) is 6.92 Å². The van der Waals surface area contributed by atoms with E-state index >= 15 is 0 Å². The summed E-state index contributed by atoms with van der Waals surface area (Å²) in [6, 6.07) is 9.39. The van der Waals surface area contributed by atoms with Crippen molar-refractivity contribution in [2.24, 2.45) is 7.05 Å². The number of benzene rings is 1. The molecule has 0 aliphatic carbocycles. The van der Waals surface area contributed by atoms with Gasteiger partial charge < -0.3 is 14.4 Å². The monoisotopic (exact) mass is 381 g/mol. The fourth-order valence-corrected chi connectivity index (χ4v) is 3.74. The summed E-state index contributed by atoms with van der Waals surface area (Å²) in [6.45, 7) is 1.87. The molecule has 0 aliphatic heterocycles. The first-order valence-corrected chi connectivity index (χ1v) is 8.97. The molecule has 3 heterocycles. The fraction of sp³-hybridized carbons (Fsp3) is 0.167. The van der Waals surface area contributed by atoms with Crippen molar-refractivity contribution in [2.45, 2.75) is 13.5 Å². The number of aromatic nitrogens is 4. The first-order chi connectivity index (χ1) is 13.0. The Labute approximate surface area is 157 Å². The van der Waals surface area contributed by atoms with E-state index in [-0.39, 0.29) is 18.0 Å². The maximum absolute atomic E-state index is 12.6. The van der Waals surface area contributed by atoms with Crippen LogP contribution in [0.5, 0.6) is 0 Å². The number of thiophene rings is 1. The van der Waals surface area contributed by atoms with E-state index < -0.39 is 0 Å². The van der Waals surface area contributed by atoms with Gasteiger partial charge in [0.05, 0.1) is 23.1 Å². The molecule has 0 fully saturated rings. The van der Waals surface area contributed by atoms with Gasteiger partial charge in [0.2, 0.25) is 0 Å². The van der Waals surface area contributed by atoms with Crippen LogP contribution in [0.4, 0.5) is 0 Å². The molecule has 27 heavy (non-hydrogen) atoms. The number of aryl methyl sites for hydroxylation is 2. The van der Waals surface area contributed by atoms with Gasteiger partial charge in [-0.25, -0.2) is 4.98 Å². The molecule has 4 aromatic rings. The van der Waals surface area contributed by atoms with Gasteiger partial charge >= 0.3 is 0 Å². The van der Waals surface area contributed by atoms with Crippen molar-refractivity contribution >= 4 is 27.5 Å². The third kappa shape index (κ3) is 3.13. The molecule has 4 rings (SSSR count). The molecule has 0 saturated heterocycles. The Morgan fingerprint density at radius 2 is 2.07 bits per heavy atom. The van der Waals surface area contributed by atoms with E-state index in [1.54, 1.807) is 14.0 Å². The van der Waals surface area contributed by atoms with Crippen molar-refractivity contribution in [3.63, 3.8) is 0 Å². The molecule has 0 aliphatic rings. The standard InChI is InChI=1S/C18H15N5O3S/c1-10-13-17(20-9-23(2)18(13)25)27-14(10)15(24)19-8-12-21-16(26-22-12)11-6-4-3-5-7-11/h3-7,9H,8H2,1-2H3,(H,19,24). The number of carbonyl (C=O) groups excluding carboxylic acids is 1. The molecule has 1 amide bonds. The van der Waals surface area contributed by atoms with Gasteiger partial charge in [0.25, 0.3) is 17.4 Å². The minimum absolute atomic E-state index is 0.119. The van der Waals surface area contributed by atoms with Crippen LogP contribution >= 0.6 is 11.3 Å². The molecule has 1 aromatic carbocycles. The summed E-state index contributed by atoms with van der Waals surface area (Å²) in [5.41, 5.74) is 1.27. The summed E-state index contributed by atoms with van der Waals surface area (Å²) < 4.78 is 6.62. The van der Waals surface area contributed by atoms with Crippen LogP contribution in [-0.4, -0.2) is 25.6 Å². The second-order valence-corrected chi connectivity index (χ2v) is 6.96. The van der Waals surface area contributed by atoms with Crippen molar-refractivity contribution in [2.75, 3.05) is 0 Å². The molecule has 3 aromatic heterocycles. The van der Waals surface area contributed by atoms with Crippen molar-refractivity contribution in [3.8, 4) is 11.5 Å². The topological polar surface area (TPSA) is 103 Å². The largest absolute Gasteiger partial charge is 0.344 e. The number of hydrogen-bond acceptors (Lipinski definition) is 7. The van der Waals surface area contributed by atoms with Crippen LogP contribution in [0.15, 0.2) is 46.0 Å². The van der Waals surface area contributed by atoms with Gasteiger partial charge in [-0.15, -0.1) is 11.3 Å². The summed E-state index contributed by atoms with van der Waals surface area (Å²) in [6.07, 6.45) is 1.45. The Hall–Kier alpha value is -3.33. The lowest BCUT2D eigenvalue weighted by Gasteiger charge is -2.01. The molecule has 0 bridgehead atoms. The van der Waals surface area contributed by atoms with Gasteiger partial charge in [0, 0.05) is 12.6 Å². The van der Waals surface area contributed by atoms with Gasteiger partial charge in [-0.2, -0.15) is 4.98 Å². The molecule has 9 heteroatoms. The van der Waals surface area contributed by atoms with E-state index in [1.165, 1.54) is 22.2 Å². The highest BCUT2D eigenvalue weighted by molar-refractivity contribution is 7.20. The van der Waals surface area contributed by atoms with Crippen LogP contribution < -0.4 is 10.9 Å². The number of carbonyl (C=O) groups is 1. The van der Waals surface area contributed by atoms with E-state index in [2.05, 4.69) is 20.4 Å². The lowest BCUT2D eigenvalue weighted by atomic mass is 10.2. The second kappa shape index (κ2) is 6.76. The molecule has 0 spiro atoms. The summed E-state index contributed by atoms with van der Waals surface area (Å²) in [7, 11) is 1.63. The number of hydrogen-bond donors (Lipinski definition) is 1. The van der Waals surface area contributed by atoms with Gasteiger partial charge in [0.15, 0.2) is 5.82 Å². The highest BCUT2D eigenvalue weighted by Gasteiger charge is 2.19. The van der Waals surface area contributed by atoms with Gasteiger partial charge in [0.1, 0.15) is 4.83 Å². The normalized spacial score (nSPS) is 11.0. The predicted octanol–water partition coefficient (Wildman–Crippen LogP) is 2.28. The molecule has 0 atom stereocenters. The quantitative estimate of drug-likeness (QED) is 0.582. The number of fused-ring (bicyclic) bond motifs is 1. The number of nitrogens with zero attached hydrogens (tertiary/aromatic N) is 4. The first-order valence-electron chi connectivity index (χ1n) is 8.15. The summed E-state index contributed by atoms with van der Waals surface area (Å²) in [5, 5.41) is 7.12. The number of rotatable bonds is 4. The molecule has 0 unspecified atom stereocenters. The average molecular weight is 381 g/mol. The van der Waals surface area contributed by atoms with Crippen LogP contribution in [0.25, 0.3) is 21.7 Å². The van der Waals surface area contributed by atoms with E-state index in [1.807, 2.05) is 30.3 Å². The maximum atomic E-state index is 12.6. The summed E-state index contributed by atoms with van der Waals surface area (Å²) in [5.74, 6) is 0.462. The Balaban J connectivity index is 1.53. The molecule has 8 nitrogen and oxygen atoms in total. The highest BCUT2D eigenvalue weighted by atomic mass is 32.1. The van der Waals surface area contributed by atoms with E-state index in [9.17, 15) is 9.59 Å². The van der Waals surface area contributed by atoms with Crippen LogP contribution in [-0.2, 0) is 13.6 Å². The molecule has 0 radical (unpaired) electrons. The van der Waals surface area contributed by atoms with Gasteiger partial charge in [-0.05, 0) is 24.6 Å². The SMILES string of the molecule is Cc1c(C(=O)NCc2noc(-c3ccccc3)n2)sc2ncn(C)c(=O)c12. The number of amides is 1. The zero-order chi connectivity index (χ0) is 19.0. The van der Waals surface area contributed by atoms with Crippen molar-refractivity contribution < 1.29 is 9.32 Å². The van der Waals surface area contributed by atoms with Crippen molar-refractivity contribution in [1.29, 1.82) is 0 Å². The second-order valence-electron chi connectivity index (χ2n) is 5.96. The zero-order valence-corrected chi connectivity index (χ0v) is 15.4. The first kappa shape index (κ1) is 17.1. The Morgan fingerprint density at radius 3 is 2.85 bits per heavy atom. The lowest BCUT2D eigenvalue weighted by molar-refractivity contribution is 0.0953. The highest BCUT2D eigenvalue weighted by Crippen LogP contribution is 2.26. The fourth-order valence-electron chi connectivity index (χ4n) is 2.69. The summed E-state index contributed by atoms with van der Waals surface area (Å²) >= 11 is 1.19. The predicted molar refractivity (Wildman–Crippen MR) is 101 cm³/mol. The van der Waals surface area contributed by atoms with Crippen molar-refractivity contribution in [3.05, 3.63) is 63.3 Å². The van der Waals surface area contributed by atoms with Crippen LogP contribution in [0.2, 0.25) is 0 Å². The molecular formula is C18H15N5O3S.